The van der Waals surface area contributed by atoms with E-state index in [1.165, 1.54) is 25.7 Å². The van der Waals surface area contributed by atoms with Crippen LogP contribution in [-0.4, -0.2) is 34.8 Å². The van der Waals surface area contributed by atoms with E-state index in [0.29, 0.717) is 12.3 Å². The molecule has 2 rings (SSSR count). The third kappa shape index (κ3) is 3.09. The first-order chi connectivity index (χ1) is 9.92. The molecular weight excluding hydrogens is 264 g/mol. The Morgan fingerprint density at radius 1 is 1.29 bits per heavy atom. The molecule has 0 radical (unpaired) electrons. The van der Waals surface area contributed by atoms with Crippen LogP contribution in [0.2, 0.25) is 0 Å². The summed E-state index contributed by atoms with van der Waals surface area (Å²) < 4.78 is 0. The van der Waals surface area contributed by atoms with Gasteiger partial charge in [-0.25, -0.2) is 0 Å². The van der Waals surface area contributed by atoms with Gasteiger partial charge in [0.2, 0.25) is 11.8 Å². The number of nitrogens with one attached hydrogen (secondary N) is 1. The standard InChI is InChI=1S/C17H30N2O2/c1-5-12(3)14-15(20)18-17(4,6-2)16(21)19(14)11-13-9-7-8-10-13/h12-14H,5-11H2,1-4H3,(H,18,20). The Morgan fingerprint density at radius 2 is 1.90 bits per heavy atom. The Bertz CT molecular complexity index is 404. The van der Waals surface area contributed by atoms with Gasteiger partial charge in [-0.1, -0.05) is 40.0 Å². The summed E-state index contributed by atoms with van der Waals surface area (Å²) >= 11 is 0. The van der Waals surface area contributed by atoms with E-state index < -0.39 is 5.54 Å². The number of hydrogen-bond donors (Lipinski definition) is 1. The molecular formula is C17H30N2O2. The zero-order chi connectivity index (χ0) is 15.6. The highest BCUT2D eigenvalue weighted by Gasteiger charge is 2.48. The van der Waals surface area contributed by atoms with Crippen LogP contribution in [0.25, 0.3) is 0 Å². The fraction of sp³-hybridized carbons (Fsp3) is 0.882. The molecule has 0 aromatic carbocycles. The maximum Gasteiger partial charge on any atom is 0.248 e. The largest absolute Gasteiger partial charge is 0.340 e. The summed E-state index contributed by atoms with van der Waals surface area (Å²) in [6, 6.07) is -0.289. The minimum absolute atomic E-state index is 0.0336. The molecule has 2 fully saturated rings. The molecule has 3 atom stereocenters. The highest BCUT2D eigenvalue weighted by molar-refractivity contribution is 5.99. The molecule has 3 unspecified atom stereocenters. The molecule has 0 spiro atoms. The van der Waals surface area contributed by atoms with Crippen LogP contribution in [0.15, 0.2) is 0 Å². The van der Waals surface area contributed by atoms with Crippen LogP contribution in [0.5, 0.6) is 0 Å². The first-order valence-corrected chi connectivity index (χ1v) is 8.56. The smallest absolute Gasteiger partial charge is 0.248 e. The molecule has 0 aromatic rings. The molecule has 4 nitrogen and oxygen atoms in total. The maximum absolute atomic E-state index is 13.0. The Kier molecular flexibility index (Phi) is 4.95. The Morgan fingerprint density at radius 3 is 2.43 bits per heavy atom. The predicted octanol–water partition coefficient (Wildman–Crippen LogP) is 2.72. The highest BCUT2D eigenvalue weighted by atomic mass is 16.2. The van der Waals surface area contributed by atoms with Crippen molar-refractivity contribution in [3.05, 3.63) is 0 Å². The monoisotopic (exact) mass is 294 g/mol. The molecule has 2 aliphatic rings. The molecule has 4 heteroatoms. The third-order valence-electron chi connectivity index (χ3n) is 5.56. The average molecular weight is 294 g/mol. The molecule has 0 bridgehead atoms. The predicted molar refractivity (Wildman–Crippen MR) is 83.8 cm³/mol. The lowest BCUT2D eigenvalue weighted by Crippen LogP contribution is -2.70. The van der Waals surface area contributed by atoms with Gasteiger partial charge in [-0.15, -0.1) is 0 Å². The van der Waals surface area contributed by atoms with E-state index in [1.807, 2.05) is 18.7 Å². The highest BCUT2D eigenvalue weighted by Crippen LogP contribution is 2.31. The fourth-order valence-corrected chi connectivity index (χ4v) is 3.68. The average Bonchev–Trinajstić information content (AvgIpc) is 2.97. The van der Waals surface area contributed by atoms with Gasteiger partial charge in [0.1, 0.15) is 11.6 Å². The zero-order valence-electron chi connectivity index (χ0n) is 13.9. The second-order valence-electron chi connectivity index (χ2n) is 7.11. The van der Waals surface area contributed by atoms with Gasteiger partial charge >= 0.3 is 0 Å². The summed E-state index contributed by atoms with van der Waals surface area (Å²) in [5, 5.41) is 2.98. The van der Waals surface area contributed by atoms with E-state index in [2.05, 4.69) is 19.2 Å². The molecule has 2 amide bonds. The molecule has 0 aromatic heterocycles. The van der Waals surface area contributed by atoms with E-state index in [-0.39, 0.29) is 23.8 Å². The number of carbonyl (C=O) groups excluding carboxylic acids is 2. The first-order valence-electron chi connectivity index (χ1n) is 8.56. The van der Waals surface area contributed by atoms with E-state index in [4.69, 9.17) is 0 Å². The fourth-order valence-electron chi connectivity index (χ4n) is 3.68. The zero-order valence-corrected chi connectivity index (χ0v) is 13.9. The van der Waals surface area contributed by atoms with Crippen LogP contribution in [0.1, 0.15) is 66.2 Å². The summed E-state index contributed by atoms with van der Waals surface area (Å²) in [5.41, 5.74) is -0.723. The lowest BCUT2D eigenvalue weighted by Gasteiger charge is -2.46. The van der Waals surface area contributed by atoms with E-state index in [0.717, 1.165) is 13.0 Å². The summed E-state index contributed by atoms with van der Waals surface area (Å²) in [6.45, 7) is 8.76. The van der Waals surface area contributed by atoms with Crippen LogP contribution in [0, 0.1) is 11.8 Å². The normalized spacial score (nSPS) is 32.4. The lowest BCUT2D eigenvalue weighted by molar-refractivity contribution is -0.157. The van der Waals surface area contributed by atoms with Crippen molar-refractivity contribution in [2.75, 3.05) is 6.54 Å². The topological polar surface area (TPSA) is 49.4 Å². The molecule has 1 aliphatic carbocycles. The minimum atomic E-state index is -0.723. The molecule has 1 aliphatic heterocycles. The van der Waals surface area contributed by atoms with Gasteiger partial charge in [0.05, 0.1) is 0 Å². The molecule has 1 heterocycles. The van der Waals surface area contributed by atoms with Gasteiger partial charge in [0, 0.05) is 6.54 Å². The summed E-state index contributed by atoms with van der Waals surface area (Å²) in [5.74, 6) is 0.928. The van der Waals surface area contributed by atoms with Gasteiger partial charge in [-0.05, 0) is 38.0 Å². The van der Waals surface area contributed by atoms with Crippen LogP contribution in [0.3, 0.4) is 0 Å². The Hall–Kier alpha value is -1.06. The van der Waals surface area contributed by atoms with Crippen molar-refractivity contribution in [3.63, 3.8) is 0 Å². The number of nitrogens with zero attached hydrogens (tertiary/aromatic N) is 1. The summed E-state index contributed by atoms with van der Waals surface area (Å²) in [7, 11) is 0. The van der Waals surface area contributed by atoms with Gasteiger partial charge < -0.3 is 10.2 Å². The van der Waals surface area contributed by atoms with Crippen LogP contribution in [0.4, 0.5) is 0 Å². The first kappa shape index (κ1) is 16.3. The molecule has 120 valence electrons. The Balaban J connectivity index is 2.25. The summed E-state index contributed by atoms with van der Waals surface area (Å²) in [4.78, 5) is 27.5. The Labute approximate surface area is 128 Å². The lowest BCUT2D eigenvalue weighted by atomic mass is 9.86. The molecule has 1 saturated carbocycles. The van der Waals surface area contributed by atoms with Crippen molar-refractivity contribution in [1.82, 2.24) is 10.2 Å². The van der Waals surface area contributed by atoms with Crippen LogP contribution >= 0.6 is 0 Å². The van der Waals surface area contributed by atoms with Crippen LogP contribution < -0.4 is 5.32 Å². The quantitative estimate of drug-likeness (QED) is 0.847. The molecule has 1 saturated heterocycles. The van der Waals surface area contributed by atoms with Crippen molar-refractivity contribution in [3.8, 4) is 0 Å². The number of carbonyl (C=O) groups is 2. The SMILES string of the molecule is CCC(C)C1C(=O)NC(C)(CC)C(=O)N1CC1CCCC1. The minimum Gasteiger partial charge on any atom is -0.340 e. The second kappa shape index (κ2) is 6.37. The van der Waals surface area contributed by atoms with Gasteiger partial charge in [-0.3, -0.25) is 9.59 Å². The van der Waals surface area contributed by atoms with Crippen molar-refractivity contribution >= 4 is 11.8 Å². The second-order valence-corrected chi connectivity index (χ2v) is 7.11. The van der Waals surface area contributed by atoms with Crippen molar-refractivity contribution in [1.29, 1.82) is 0 Å². The maximum atomic E-state index is 13.0. The number of hydrogen-bond acceptors (Lipinski definition) is 2. The number of rotatable bonds is 5. The number of piperazine rings is 1. The van der Waals surface area contributed by atoms with E-state index in [9.17, 15) is 9.59 Å². The van der Waals surface area contributed by atoms with Crippen molar-refractivity contribution < 1.29 is 9.59 Å². The van der Waals surface area contributed by atoms with Crippen LogP contribution in [-0.2, 0) is 9.59 Å². The van der Waals surface area contributed by atoms with Crippen molar-refractivity contribution in [2.24, 2.45) is 11.8 Å². The summed E-state index contributed by atoms with van der Waals surface area (Å²) in [6.07, 6.45) is 6.47. The van der Waals surface area contributed by atoms with E-state index >= 15 is 0 Å². The van der Waals surface area contributed by atoms with Gasteiger partial charge in [0.15, 0.2) is 0 Å². The van der Waals surface area contributed by atoms with E-state index in [1.54, 1.807) is 0 Å². The van der Waals surface area contributed by atoms with Gasteiger partial charge in [0.25, 0.3) is 0 Å². The number of amides is 2. The molecule has 21 heavy (non-hydrogen) atoms. The van der Waals surface area contributed by atoms with Crippen molar-refractivity contribution in [2.45, 2.75) is 77.8 Å². The third-order valence-corrected chi connectivity index (χ3v) is 5.56. The molecule has 1 N–H and O–H groups in total. The van der Waals surface area contributed by atoms with Gasteiger partial charge in [-0.2, -0.15) is 0 Å².